The molecule has 1 N–H and O–H groups in total. The lowest BCUT2D eigenvalue weighted by molar-refractivity contribution is 0.0793. The number of aromatic nitrogens is 1. The smallest absolute Gasteiger partial charge is 0.270 e. The predicted molar refractivity (Wildman–Crippen MR) is 93.7 cm³/mol. The molecule has 1 aromatic heterocycles. The van der Waals surface area contributed by atoms with Gasteiger partial charge in [0.05, 0.1) is 0 Å². The fourth-order valence-electron chi connectivity index (χ4n) is 2.31. The van der Waals surface area contributed by atoms with Crippen LogP contribution in [0.1, 0.15) is 46.2 Å². The van der Waals surface area contributed by atoms with Crippen molar-refractivity contribution < 1.29 is 14.0 Å². The molecule has 0 saturated heterocycles. The van der Waals surface area contributed by atoms with Crippen molar-refractivity contribution >= 4 is 11.8 Å². The molecular formula is C19H22FN3O2. The van der Waals surface area contributed by atoms with E-state index in [1.807, 2.05) is 0 Å². The molecule has 5 nitrogen and oxygen atoms in total. The lowest BCUT2D eigenvalue weighted by atomic mass is 10.1. The monoisotopic (exact) mass is 343 g/mol. The van der Waals surface area contributed by atoms with Crippen LogP contribution >= 0.6 is 0 Å². The molecule has 0 aliphatic carbocycles. The normalized spacial score (nSPS) is 10.4. The minimum Gasteiger partial charge on any atom is -0.347 e. The Balaban J connectivity index is 2.03. The highest BCUT2D eigenvalue weighted by Gasteiger charge is 2.15. The molecule has 0 aliphatic heterocycles. The molecule has 0 unspecified atom stereocenters. The molecule has 2 aromatic rings. The summed E-state index contributed by atoms with van der Waals surface area (Å²) in [6.45, 7) is 2.77. The van der Waals surface area contributed by atoms with Crippen molar-refractivity contribution in [3.8, 4) is 0 Å². The standard InChI is InChI=1S/C19H22FN3O2/c1-3-4-11-23(2)19(25)14-9-10-21-17(12-14)18(24)22-13-15-7-5-6-8-16(15)20/h5-10,12H,3-4,11,13H2,1-2H3,(H,22,24). The Morgan fingerprint density at radius 1 is 1.24 bits per heavy atom. The summed E-state index contributed by atoms with van der Waals surface area (Å²) in [6, 6.07) is 9.28. The largest absolute Gasteiger partial charge is 0.347 e. The van der Waals surface area contributed by atoms with Gasteiger partial charge >= 0.3 is 0 Å². The predicted octanol–water partition coefficient (Wildman–Crippen LogP) is 3.02. The number of hydrogen-bond donors (Lipinski definition) is 1. The second-order valence-corrected chi connectivity index (χ2v) is 5.78. The first-order valence-corrected chi connectivity index (χ1v) is 8.26. The van der Waals surface area contributed by atoms with E-state index in [2.05, 4.69) is 17.2 Å². The molecule has 0 spiro atoms. The van der Waals surface area contributed by atoms with Crippen LogP contribution in [-0.4, -0.2) is 35.3 Å². The third-order valence-corrected chi connectivity index (χ3v) is 3.83. The van der Waals surface area contributed by atoms with Gasteiger partial charge in [0, 0.05) is 37.5 Å². The molecule has 1 aromatic carbocycles. The van der Waals surface area contributed by atoms with E-state index in [1.54, 1.807) is 36.2 Å². The fourth-order valence-corrected chi connectivity index (χ4v) is 2.31. The SMILES string of the molecule is CCCCN(C)C(=O)c1ccnc(C(=O)NCc2ccccc2F)c1. The minimum atomic E-state index is -0.450. The van der Waals surface area contributed by atoms with E-state index in [9.17, 15) is 14.0 Å². The van der Waals surface area contributed by atoms with Crippen LogP contribution in [0.2, 0.25) is 0 Å². The molecule has 2 amide bonds. The van der Waals surface area contributed by atoms with E-state index in [0.29, 0.717) is 17.7 Å². The van der Waals surface area contributed by atoms with Gasteiger partial charge in [-0.1, -0.05) is 31.5 Å². The highest BCUT2D eigenvalue weighted by molar-refractivity contribution is 5.98. The first-order valence-electron chi connectivity index (χ1n) is 8.26. The number of carbonyl (C=O) groups excluding carboxylic acids is 2. The lowest BCUT2D eigenvalue weighted by Crippen LogP contribution is -2.29. The molecular weight excluding hydrogens is 321 g/mol. The maximum atomic E-state index is 13.6. The Kier molecular flexibility index (Phi) is 6.62. The Morgan fingerprint density at radius 3 is 2.72 bits per heavy atom. The van der Waals surface area contributed by atoms with Gasteiger partial charge in [0.15, 0.2) is 0 Å². The summed E-state index contributed by atoms with van der Waals surface area (Å²) < 4.78 is 13.6. The van der Waals surface area contributed by atoms with Crippen LogP contribution in [0.3, 0.4) is 0 Å². The minimum absolute atomic E-state index is 0.0573. The summed E-state index contributed by atoms with van der Waals surface area (Å²) in [6.07, 6.45) is 3.35. The van der Waals surface area contributed by atoms with E-state index in [0.717, 1.165) is 12.8 Å². The molecule has 6 heteroatoms. The van der Waals surface area contributed by atoms with Gasteiger partial charge in [-0.2, -0.15) is 0 Å². The van der Waals surface area contributed by atoms with Gasteiger partial charge in [0.2, 0.25) is 0 Å². The maximum Gasteiger partial charge on any atom is 0.270 e. The molecule has 0 radical (unpaired) electrons. The third kappa shape index (κ3) is 5.11. The van der Waals surface area contributed by atoms with Crippen LogP contribution < -0.4 is 5.32 Å². The zero-order chi connectivity index (χ0) is 18.2. The average Bonchev–Trinajstić information content (AvgIpc) is 2.64. The van der Waals surface area contributed by atoms with E-state index in [4.69, 9.17) is 0 Å². The van der Waals surface area contributed by atoms with E-state index in [1.165, 1.54) is 18.3 Å². The summed E-state index contributed by atoms with van der Waals surface area (Å²) in [4.78, 5) is 30.2. The molecule has 2 rings (SSSR count). The molecule has 0 atom stereocenters. The van der Waals surface area contributed by atoms with Gasteiger partial charge in [-0.15, -0.1) is 0 Å². The lowest BCUT2D eigenvalue weighted by Gasteiger charge is -2.16. The molecule has 0 bridgehead atoms. The molecule has 0 aliphatic rings. The topological polar surface area (TPSA) is 62.3 Å². The molecule has 0 fully saturated rings. The highest BCUT2D eigenvalue weighted by Crippen LogP contribution is 2.08. The molecule has 1 heterocycles. The number of unbranched alkanes of at least 4 members (excludes halogenated alkanes) is 1. The van der Waals surface area contributed by atoms with Crippen molar-refractivity contribution in [2.75, 3.05) is 13.6 Å². The number of rotatable bonds is 7. The Morgan fingerprint density at radius 2 is 2.00 bits per heavy atom. The zero-order valence-corrected chi connectivity index (χ0v) is 14.5. The van der Waals surface area contributed by atoms with Crippen molar-refractivity contribution in [1.82, 2.24) is 15.2 Å². The van der Waals surface area contributed by atoms with Gasteiger partial charge in [-0.25, -0.2) is 4.39 Å². The number of nitrogens with zero attached hydrogens (tertiary/aromatic N) is 2. The zero-order valence-electron chi connectivity index (χ0n) is 14.5. The number of carbonyl (C=O) groups is 2. The third-order valence-electron chi connectivity index (χ3n) is 3.83. The van der Waals surface area contributed by atoms with Crippen LogP contribution in [0.25, 0.3) is 0 Å². The fraction of sp³-hybridized carbons (Fsp3) is 0.316. The van der Waals surface area contributed by atoms with Crippen LogP contribution in [0, 0.1) is 5.82 Å². The summed E-state index contributed by atoms with van der Waals surface area (Å²) in [7, 11) is 1.73. The maximum absolute atomic E-state index is 13.6. The van der Waals surface area contributed by atoms with Crippen LogP contribution in [-0.2, 0) is 6.54 Å². The molecule has 0 saturated carbocycles. The van der Waals surface area contributed by atoms with Gasteiger partial charge in [-0.3, -0.25) is 14.6 Å². The highest BCUT2D eigenvalue weighted by atomic mass is 19.1. The van der Waals surface area contributed by atoms with Crippen molar-refractivity contribution in [1.29, 1.82) is 0 Å². The first kappa shape index (κ1) is 18.6. The Labute approximate surface area is 146 Å². The second kappa shape index (κ2) is 8.92. The Bertz CT molecular complexity index is 749. The first-order chi connectivity index (χ1) is 12.0. The van der Waals surface area contributed by atoms with E-state index < -0.39 is 5.91 Å². The summed E-state index contributed by atoms with van der Waals surface area (Å²) in [5, 5.41) is 2.62. The van der Waals surface area contributed by atoms with Crippen LogP contribution in [0.5, 0.6) is 0 Å². The Hall–Kier alpha value is -2.76. The van der Waals surface area contributed by atoms with Gasteiger partial charge in [0.25, 0.3) is 11.8 Å². The quantitative estimate of drug-likeness (QED) is 0.840. The number of hydrogen-bond acceptors (Lipinski definition) is 3. The number of amides is 2. The molecule has 132 valence electrons. The molecule has 25 heavy (non-hydrogen) atoms. The van der Waals surface area contributed by atoms with Crippen molar-refractivity contribution in [2.24, 2.45) is 0 Å². The van der Waals surface area contributed by atoms with E-state index >= 15 is 0 Å². The summed E-state index contributed by atoms with van der Waals surface area (Å²) in [5.74, 6) is -0.981. The van der Waals surface area contributed by atoms with Crippen molar-refractivity contribution in [3.63, 3.8) is 0 Å². The number of halogens is 1. The second-order valence-electron chi connectivity index (χ2n) is 5.78. The number of benzene rings is 1. The van der Waals surface area contributed by atoms with E-state index in [-0.39, 0.29) is 24.0 Å². The van der Waals surface area contributed by atoms with Gasteiger partial charge in [-0.05, 0) is 24.6 Å². The number of nitrogens with one attached hydrogen (secondary N) is 1. The van der Waals surface area contributed by atoms with Crippen LogP contribution in [0.15, 0.2) is 42.6 Å². The van der Waals surface area contributed by atoms with Gasteiger partial charge < -0.3 is 10.2 Å². The van der Waals surface area contributed by atoms with Crippen LogP contribution in [0.4, 0.5) is 4.39 Å². The van der Waals surface area contributed by atoms with Crippen molar-refractivity contribution in [2.45, 2.75) is 26.3 Å². The van der Waals surface area contributed by atoms with Gasteiger partial charge in [0.1, 0.15) is 11.5 Å². The summed E-state index contributed by atoms with van der Waals surface area (Å²) in [5.41, 5.74) is 0.929. The number of pyridine rings is 1. The average molecular weight is 343 g/mol. The van der Waals surface area contributed by atoms with Crippen molar-refractivity contribution in [3.05, 3.63) is 65.2 Å². The summed E-state index contributed by atoms with van der Waals surface area (Å²) >= 11 is 0.